The Balaban J connectivity index is 0.000000767. The Bertz CT molecular complexity index is 1350. The van der Waals surface area contributed by atoms with Crippen LogP contribution in [0, 0.1) is 6.07 Å². The van der Waals surface area contributed by atoms with Gasteiger partial charge in [-0.3, -0.25) is 0 Å². The maximum absolute atomic E-state index is 3.69. The molecule has 4 heteroatoms. The molecular formula is C33H32Cl2SiZr. The van der Waals surface area contributed by atoms with Crippen molar-refractivity contribution in [3.63, 3.8) is 0 Å². The predicted molar refractivity (Wildman–Crippen MR) is 149 cm³/mol. The van der Waals surface area contributed by atoms with Crippen LogP contribution < -0.4 is 24.8 Å². The average molecular weight is 619 g/mol. The molecule has 0 nitrogen and oxygen atoms in total. The van der Waals surface area contributed by atoms with Crippen molar-refractivity contribution in [2.24, 2.45) is 0 Å². The van der Waals surface area contributed by atoms with E-state index in [9.17, 15) is 0 Å². The maximum Gasteiger partial charge on any atom is 3.00 e. The Kier molecular flexibility index (Phi) is 12.3. The summed E-state index contributed by atoms with van der Waals surface area (Å²) in [4.78, 5) is 0. The summed E-state index contributed by atoms with van der Waals surface area (Å²) in [6, 6.07) is 34.6. The summed E-state index contributed by atoms with van der Waals surface area (Å²) in [5.74, 6) is 0.308. The molecule has 2 aliphatic carbocycles. The number of hydrogen-bond acceptors (Lipinski definition) is 0. The van der Waals surface area contributed by atoms with Crippen LogP contribution in [-0.2, 0) is 32.6 Å². The fourth-order valence-electron chi connectivity index (χ4n) is 5.56. The van der Waals surface area contributed by atoms with E-state index in [0.29, 0.717) is 5.92 Å². The molecule has 0 saturated carbocycles. The van der Waals surface area contributed by atoms with E-state index in [1.807, 2.05) is 0 Å². The van der Waals surface area contributed by atoms with Crippen molar-refractivity contribution in [1.29, 1.82) is 0 Å². The minimum Gasteiger partial charge on any atom is -1.00 e. The standard InChI is InChI=1S/C31H25.C2H7Si.2ClH.Zr/c1-2-10-23-20-29-24(21-11-4-3-5-12-21)15-8-17-27(29)31(23)28-18-9-16-26-25-14-7-6-13-22(25)19-30(26)28;1-3-2;;;/h3-9,11-17,20,31H,2,10,19H2,1H3;3H,1-2H3;2*1H;/q-1;;;;+3/p-2. The average Bonchev–Trinajstić information content (AvgIpc) is 3.43. The minimum atomic E-state index is 0. The van der Waals surface area contributed by atoms with E-state index in [2.05, 4.69) is 117 Å². The predicted octanol–water partition coefficient (Wildman–Crippen LogP) is 2.58. The van der Waals surface area contributed by atoms with Crippen molar-refractivity contribution in [3.05, 3.63) is 124 Å². The molecule has 0 heterocycles. The molecule has 2 aliphatic rings. The molecular weight excluding hydrogens is 587 g/mol. The number of fused-ring (bicyclic) bond motifs is 4. The Morgan fingerprint density at radius 3 is 2.22 bits per heavy atom. The molecule has 186 valence electrons. The second-order valence-electron chi connectivity index (χ2n) is 9.27. The van der Waals surface area contributed by atoms with Gasteiger partial charge in [0.15, 0.2) is 0 Å². The summed E-state index contributed by atoms with van der Waals surface area (Å²) in [6.45, 7) is 6.70. The van der Waals surface area contributed by atoms with Crippen LogP contribution in [0.4, 0.5) is 0 Å². The van der Waals surface area contributed by atoms with E-state index >= 15 is 0 Å². The van der Waals surface area contributed by atoms with Crippen LogP contribution in [0.3, 0.4) is 0 Å². The molecule has 1 unspecified atom stereocenters. The molecule has 37 heavy (non-hydrogen) atoms. The minimum absolute atomic E-state index is 0. The van der Waals surface area contributed by atoms with E-state index < -0.39 is 0 Å². The van der Waals surface area contributed by atoms with Crippen LogP contribution in [0.1, 0.15) is 53.5 Å². The van der Waals surface area contributed by atoms with Crippen molar-refractivity contribution in [2.45, 2.75) is 45.2 Å². The third kappa shape index (κ3) is 6.15. The van der Waals surface area contributed by atoms with Crippen molar-refractivity contribution in [2.75, 3.05) is 0 Å². The zero-order valence-corrected chi connectivity index (χ0v) is 26.8. The zero-order valence-electron chi connectivity index (χ0n) is 21.7. The topological polar surface area (TPSA) is 0 Å². The fourth-order valence-corrected chi connectivity index (χ4v) is 5.56. The molecule has 0 bridgehead atoms. The SMILES string of the molecule is CCCC1=Cc2c(-c3ccccc3)cccc2C1c1[c-]ccc2c1Cc1ccccc1-2.C[SiH]C.[Cl-].[Cl-].[Zr+3]. The second kappa shape index (κ2) is 14.5. The van der Waals surface area contributed by atoms with Crippen LogP contribution in [0.15, 0.2) is 90.5 Å². The molecule has 0 aromatic heterocycles. The van der Waals surface area contributed by atoms with Gasteiger partial charge in [-0.1, -0.05) is 111 Å². The van der Waals surface area contributed by atoms with E-state index in [4.69, 9.17) is 0 Å². The third-order valence-corrected chi connectivity index (χ3v) is 6.88. The Hall–Kier alpha value is -1.70. The quantitative estimate of drug-likeness (QED) is 0.215. The van der Waals surface area contributed by atoms with Crippen LogP contribution in [0.5, 0.6) is 0 Å². The molecule has 0 aliphatic heterocycles. The number of hydrogen-bond donors (Lipinski definition) is 0. The number of benzene rings is 4. The van der Waals surface area contributed by atoms with Gasteiger partial charge in [0.25, 0.3) is 0 Å². The summed E-state index contributed by atoms with van der Waals surface area (Å²) in [5.41, 5.74) is 14.1. The second-order valence-corrected chi connectivity index (χ2v) is 10.4. The van der Waals surface area contributed by atoms with Crippen LogP contribution in [0.25, 0.3) is 28.3 Å². The summed E-state index contributed by atoms with van der Waals surface area (Å²) in [7, 11) is 0.750. The van der Waals surface area contributed by atoms with Gasteiger partial charge < -0.3 is 24.8 Å². The maximum atomic E-state index is 3.69. The Morgan fingerprint density at radius 2 is 1.49 bits per heavy atom. The summed E-state index contributed by atoms with van der Waals surface area (Å²) in [6.07, 6.45) is 5.77. The van der Waals surface area contributed by atoms with Gasteiger partial charge in [0.05, 0.1) is 0 Å². The first-order chi connectivity index (χ1) is 16.8. The Morgan fingerprint density at radius 1 is 0.811 bits per heavy atom. The van der Waals surface area contributed by atoms with Crippen LogP contribution in [-0.4, -0.2) is 9.52 Å². The van der Waals surface area contributed by atoms with E-state index in [1.54, 1.807) is 0 Å². The van der Waals surface area contributed by atoms with Crippen molar-refractivity contribution < 1.29 is 51.0 Å². The first kappa shape index (κ1) is 31.5. The van der Waals surface area contributed by atoms with E-state index in [-0.39, 0.29) is 51.0 Å². The summed E-state index contributed by atoms with van der Waals surface area (Å²) >= 11 is 0. The van der Waals surface area contributed by atoms with Crippen molar-refractivity contribution in [3.8, 4) is 22.3 Å². The van der Waals surface area contributed by atoms with Gasteiger partial charge in [-0.25, -0.2) is 0 Å². The van der Waals surface area contributed by atoms with Gasteiger partial charge >= 0.3 is 26.2 Å². The number of halogens is 2. The molecule has 2 radical (unpaired) electrons. The molecule has 0 spiro atoms. The van der Waals surface area contributed by atoms with Gasteiger partial charge in [-0.15, -0.1) is 16.7 Å². The molecule has 6 rings (SSSR count). The molecule has 0 N–H and O–H groups in total. The molecule has 0 amide bonds. The van der Waals surface area contributed by atoms with Crippen LogP contribution in [0.2, 0.25) is 13.1 Å². The first-order valence-electron chi connectivity index (χ1n) is 12.5. The van der Waals surface area contributed by atoms with Gasteiger partial charge in [0.1, 0.15) is 0 Å². The van der Waals surface area contributed by atoms with Gasteiger partial charge in [0.2, 0.25) is 0 Å². The van der Waals surface area contributed by atoms with Crippen molar-refractivity contribution >= 4 is 15.6 Å². The molecule has 4 aromatic rings. The van der Waals surface area contributed by atoms with E-state index in [0.717, 1.165) is 28.8 Å². The van der Waals surface area contributed by atoms with Crippen molar-refractivity contribution in [1.82, 2.24) is 0 Å². The number of rotatable bonds is 4. The third-order valence-electron chi connectivity index (χ3n) is 6.88. The van der Waals surface area contributed by atoms with Crippen LogP contribution >= 0.6 is 0 Å². The Labute approximate surface area is 256 Å². The molecule has 0 fully saturated rings. The normalized spacial score (nSPS) is 13.8. The molecule has 0 saturated heterocycles. The molecule has 1 atom stereocenters. The van der Waals surface area contributed by atoms with Gasteiger partial charge in [0, 0.05) is 15.4 Å². The monoisotopic (exact) mass is 616 g/mol. The first-order valence-corrected chi connectivity index (χ1v) is 14.8. The van der Waals surface area contributed by atoms with Gasteiger partial charge in [-0.2, -0.15) is 18.2 Å². The smallest absolute Gasteiger partial charge is 1.00 e. The fraction of sp³-hybridized carbons (Fsp3) is 0.212. The van der Waals surface area contributed by atoms with E-state index in [1.165, 1.54) is 55.6 Å². The number of allylic oxidation sites excluding steroid dienone is 1. The largest absolute Gasteiger partial charge is 3.00 e. The molecule has 4 aromatic carbocycles. The van der Waals surface area contributed by atoms with Gasteiger partial charge in [-0.05, 0) is 46.2 Å². The summed E-state index contributed by atoms with van der Waals surface area (Å²) in [5, 5.41) is 0. The zero-order chi connectivity index (χ0) is 23.5. The summed E-state index contributed by atoms with van der Waals surface area (Å²) < 4.78 is 0.